The minimum atomic E-state index is -1.55. The Morgan fingerprint density at radius 2 is 2.00 bits per heavy atom. The van der Waals surface area contributed by atoms with Crippen molar-refractivity contribution in [3.05, 3.63) is 24.3 Å². The summed E-state index contributed by atoms with van der Waals surface area (Å²) in [6, 6.07) is 6.48. The van der Waals surface area contributed by atoms with Gasteiger partial charge in [-0.3, -0.25) is 14.4 Å². The number of rotatable bonds is 4. The highest BCUT2D eigenvalue weighted by Crippen LogP contribution is 2.41. The van der Waals surface area contributed by atoms with E-state index in [-0.39, 0.29) is 25.2 Å². The van der Waals surface area contributed by atoms with Crippen molar-refractivity contribution in [1.82, 2.24) is 5.01 Å². The molecule has 9 nitrogen and oxygen atoms in total. The van der Waals surface area contributed by atoms with Gasteiger partial charge in [-0.2, -0.15) is 5.10 Å². The second-order valence-electron chi connectivity index (χ2n) is 6.22. The Morgan fingerprint density at radius 1 is 1.26 bits per heavy atom. The summed E-state index contributed by atoms with van der Waals surface area (Å²) in [6.45, 7) is 3.00. The molecule has 1 atom stereocenters. The molecule has 27 heavy (non-hydrogen) atoms. The van der Waals surface area contributed by atoms with Crippen molar-refractivity contribution >= 4 is 35.1 Å². The van der Waals surface area contributed by atoms with Crippen LogP contribution in [0.25, 0.3) is 0 Å². The Kier molecular flexibility index (Phi) is 4.69. The van der Waals surface area contributed by atoms with Crippen molar-refractivity contribution in [1.29, 1.82) is 0 Å². The van der Waals surface area contributed by atoms with Crippen LogP contribution in [0, 0.1) is 0 Å². The molecule has 1 saturated heterocycles. The van der Waals surface area contributed by atoms with Crippen molar-refractivity contribution in [3.63, 3.8) is 0 Å². The quantitative estimate of drug-likeness (QED) is 0.573. The largest absolute Gasteiger partial charge is 0.497 e. The predicted molar refractivity (Wildman–Crippen MR) is 94.0 cm³/mol. The summed E-state index contributed by atoms with van der Waals surface area (Å²) < 4.78 is 10.1. The predicted octanol–water partition coefficient (Wildman–Crippen LogP) is 0.869. The van der Waals surface area contributed by atoms with E-state index in [4.69, 9.17) is 9.47 Å². The zero-order valence-electron chi connectivity index (χ0n) is 15.2. The number of carbonyl (C=O) groups excluding carboxylic acids is 4. The number of nitrogens with zero attached hydrogens (tertiary/aromatic N) is 3. The van der Waals surface area contributed by atoms with Gasteiger partial charge in [0.05, 0.1) is 25.8 Å². The number of anilines is 1. The summed E-state index contributed by atoms with van der Waals surface area (Å²) in [5, 5.41) is 4.92. The molecule has 1 spiro atoms. The van der Waals surface area contributed by atoms with E-state index in [9.17, 15) is 19.2 Å². The number of ether oxygens (including phenoxy) is 2. The molecule has 0 aliphatic carbocycles. The number of imide groups is 1. The van der Waals surface area contributed by atoms with Crippen molar-refractivity contribution in [3.8, 4) is 5.75 Å². The molecule has 142 valence electrons. The smallest absolute Gasteiger partial charge is 0.354 e. The van der Waals surface area contributed by atoms with Crippen molar-refractivity contribution in [2.24, 2.45) is 5.10 Å². The monoisotopic (exact) mass is 373 g/mol. The lowest BCUT2D eigenvalue weighted by molar-refractivity contribution is -0.141. The second-order valence-corrected chi connectivity index (χ2v) is 6.22. The Morgan fingerprint density at radius 3 is 2.63 bits per heavy atom. The van der Waals surface area contributed by atoms with Crippen molar-refractivity contribution < 1.29 is 28.7 Å². The first-order chi connectivity index (χ1) is 12.8. The number of benzene rings is 1. The van der Waals surface area contributed by atoms with Gasteiger partial charge in [-0.25, -0.2) is 14.7 Å². The molecule has 9 heteroatoms. The average molecular weight is 373 g/mol. The van der Waals surface area contributed by atoms with Gasteiger partial charge in [-0.05, 0) is 19.1 Å². The number of carbonyl (C=O) groups is 4. The fraction of sp³-hybridized carbons (Fsp3) is 0.389. The number of amides is 3. The lowest BCUT2D eigenvalue weighted by Crippen LogP contribution is -2.51. The van der Waals surface area contributed by atoms with E-state index >= 15 is 0 Å². The highest BCUT2D eigenvalue weighted by Gasteiger charge is 2.61. The molecule has 0 N–H and O–H groups in total. The van der Waals surface area contributed by atoms with Crippen LogP contribution >= 0.6 is 0 Å². The molecule has 2 aliphatic rings. The van der Waals surface area contributed by atoms with Gasteiger partial charge in [-0.1, -0.05) is 6.07 Å². The van der Waals surface area contributed by atoms with Gasteiger partial charge >= 0.3 is 5.97 Å². The topological polar surface area (TPSA) is 106 Å². The summed E-state index contributed by atoms with van der Waals surface area (Å²) in [5.41, 5.74) is -1.27. The second kappa shape index (κ2) is 6.82. The molecule has 0 radical (unpaired) electrons. The minimum absolute atomic E-state index is 0.0549. The van der Waals surface area contributed by atoms with Crippen LogP contribution < -0.4 is 9.64 Å². The fourth-order valence-electron chi connectivity index (χ4n) is 3.34. The van der Waals surface area contributed by atoms with Gasteiger partial charge in [-0.15, -0.1) is 0 Å². The van der Waals surface area contributed by atoms with Crippen LogP contribution in [0.15, 0.2) is 29.4 Å². The molecule has 1 fully saturated rings. The van der Waals surface area contributed by atoms with E-state index in [1.165, 1.54) is 14.0 Å². The van der Waals surface area contributed by atoms with Crippen LogP contribution in [-0.4, -0.2) is 53.7 Å². The first kappa shape index (κ1) is 18.6. The third kappa shape index (κ3) is 2.94. The molecule has 1 aromatic carbocycles. The Bertz CT molecular complexity index is 864. The number of methoxy groups -OCH3 is 1. The van der Waals surface area contributed by atoms with Crippen molar-refractivity contribution in [2.75, 3.05) is 18.6 Å². The number of esters is 1. The summed E-state index contributed by atoms with van der Waals surface area (Å²) >= 11 is 0. The SMILES string of the molecule is CCOC(=O)C1=NN(C(C)=O)C2(CC(=O)N(c3cccc(OC)c3)C2=O)C1. The molecule has 3 rings (SSSR count). The highest BCUT2D eigenvalue weighted by molar-refractivity contribution is 6.39. The third-order valence-corrected chi connectivity index (χ3v) is 4.50. The fourth-order valence-corrected chi connectivity index (χ4v) is 3.34. The van der Waals surface area contributed by atoms with Crippen LogP contribution in [0.3, 0.4) is 0 Å². The number of hydrogen-bond acceptors (Lipinski definition) is 7. The third-order valence-electron chi connectivity index (χ3n) is 4.50. The van der Waals surface area contributed by atoms with Gasteiger partial charge in [0.2, 0.25) is 11.8 Å². The summed E-state index contributed by atoms with van der Waals surface area (Å²) in [7, 11) is 1.47. The van der Waals surface area contributed by atoms with Crippen LogP contribution in [0.4, 0.5) is 5.69 Å². The Labute approximate surface area is 155 Å². The van der Waals surface area contributed by atoms with Crippen LogP contribution in [-0.2, 0) is 23.9 Å². The van der Waals surface area contributed by atoms with E-state index < -0.39 is 29.2 Å². The van der Waals surface area contributed by atoms with Gasteiger partial charge in [0.25, 0.3) is 5.91 Å². The van der Waals surface area contributed by atoms with Crippen LogP contribution in [0.1, 0.15) is 26.7 Å². The molecule has 2 heterocycles. The Balaban J connectivity index is 1.99. The summed E-state index contributed by atoms with van der Waals surface area (Å²) in [5.74, 6) is -1.87. The van der Waals surface area contributed by atoms with Crippen molar-refractivity contribution in [2.45, 2.75) is 32.2 Å². The zero-order valence-corrected chi connectivity index (χ0v) is 15.2. The molecule has 3 amide bonds. The Hall–Kier alpha value is -3.23. The van der Waals surface area contributed by atoms with Crippen LogP contribution in [0.5, 0.6) is 5.75 Å². The van der Waals surface area contributed by atoms with Crippen LogP contribution in [0.2, 0.25) is 0 Å². The van der Waals surface area contributed by atoms with Gasteiger partial charge in [0, 0.05) is 19.4 Å². The van der Waals surface area contributed by atoms with Gasteiger partial charge in [0.1, 0.15) is 11.5 Å². The maximum absolute atomic E-state index is 13.2. The van der Waals surface area contributed by atoms with Gasteiger partial charge < -0.3 is 9.47 Å². The molecular weight excluding hydrogens is 354 g/mol. The summed E-state index contributed by atoms with van der Waals surface area (Å²) in [6.07, 6.45) is -0.439. The lowest BCUT2D eigenvalue weighted by atomic mass is 9.91. The zero-order chi connectivity index (χ0) is 19.8. The maximum Gasteiger partial charge on any atom is 0.354 e. The highest BCUT2D eigenvalue weighted by atomic mass is 16.5. The maximum atomic E-state index is 13.2. The molecule has 1 unspecified atom stereocenters. The first-order valence-electron chi connectivity index (χ1n) is 8.41. The molecule has 1 aromatic rings. The molecular formula is C18H19N3O6. The molecule has 0 aromatic heterocycles. The number of hydrazone groups is 1. The summed E-state index contributed by atoms with van der Waals surface area (Å²) in [4.78, 5) is 51.1. The van der Waals surface area contributed by atoms with E-state index in [1.807, 2.05) is 0 Å². The minimum Gasteiger partial charge on any atom is -0.497 e. The lowest BCUT2D eigenvalue weighted by Gasteiger charge is -2.28. The first-order valence-corrected chi connectivity index (χ1v) is 8.41. The standard InChI is InChI=1S/C18H19N3O6/c1-4-27-16(24)14-9-18(21(19-14)11(2)22)10-15(23)20(17(18)25)12-6-5-7-13(8-12)26-3/h5-8H,4,9-10H2,1-3H3. The van der Waals surface area contributed by atoms with E-state index in [1.54, 1.807) is 31.2 Å². The van der Waals surface area contributed by atoms with E-state index in [0.29, 0.717) is 11.4 Å². The van der Waals surface area contributed by atoms with E-state index in [0.717, 1.165) is 9.91 Å². The molecule has 2 aliphatic heterocycles. The average Bonchev–Trinajstić information content (AvgIpc) is 3.14. The molecule has 0 saturated carbocycles. The normalized spacial score (nSPS) is 21.7. The number of hydrogen-bond donors (Lipinski definition) is 0. The van der Waals surface area contributed by atoms with E-state index in [2.05, 4.69) is 5.10 Å². The van der Waals surface area contributed by atoms with Gasteiger partial charge in [0.15, 0.2) is 5.54 Å². The molecule has 0 bridgehead atoms.